The Hall–Kier alpha value is -1.84. The molecule has 0 radical (unpaired) electrons. The first-order chi connectivity index (χ1) is 7.56. The van der Waals surface area contributed by atoms with E-state index in [0.29, 0.717) is 11.3 Å². The number of ketones is 1. The summed E-state index contributed by atoms with van der Waals surface area (Å²) in [4.78, 5) is 22.6. The number of hydrogen-bond acceptors (Lipinski definition) is 3. The van der Waals surface area contributed by atoms with E-state index < -0.39 is 6.10 Å². The van der Waals surface area contributed by atoms with Gasteiger partial charge in [-0.15, -0.1) is 0 Å². The summed E-state index contributed by atoms with van der Waals surface area (Å²) in [6, 6.07) is 6.87. The summed E-state index contributed by atoms with van der Waals surface area (Å²) >= 11 is 0. The van der Waals surface area contributed by atoms with Crippen LogP contribution in [0.5, 0.6) is 5.75 Å². The Morgan fingerprint density at radius 1 is 1.31 bits per heavy atom. The van der Waals surface area contributed by atoms with Crippen LogP contribution in [-0.4, -0.2) is 24.8 Å². The molecule has 0 aliphatic heterocycles. The highest BCUT2D eigenvalue weighted by Gasteiger charge is 2.15. The molecule has 16 heavy (non-hydrogen) atoms. The number of hydrogen-bond donors (Lipinski definition) is 1. The summed E-state index contributed by atoms with van der Waals surface area (Å²) < 4.78 is 5.43. The van der Waals surface area contributed by atoms with E-state index >= 15 is 0 Å². The molecule has 0 aliphatic carbocycles. The van der Waals surface area contributed by atoms with Crippen LogP contribution in [0.2, 0.25) is 0 Å². The van der Waals surface area contributed by atoms with Crippen LogP contribution in [0.4, 0.5) is 0 Å². The molecule has 0 aliphatic rings. The first kappa shape index (κ1) is 12.2. The van der Waals surface area contributed by atoms with Crippen molar-refractivity contribution in [2.45, 2.75) is 20.0 Å². The van der Waals surface area contributed by atoms with E-state index in [1.54, 1.807) is 38.2 Å². The number of carbonyl (C=O) groups excluding carboxylic acids is 2. The van der Waals surface area contributed by atoms with Crippen molar-refractivity contribution in [1.82, 2.24) is 5.32 Å². The van der Waals surface area contributed by atoms with Crippen molar-refractivity contribution in [2.24, 2.45) is 0 Å². The average Bonchev–Trinajstić information content (AvgIpc) is 2.28. The van der Waals surface area contributed by atoms with E-state index in [4.69, 9.17) is 4.74 Å². The maximum absolute atomic E-state index is 11.3. The molecular formula is C12H15NO3. The minimum absolute atomic E-state index is 0.0836. The number of benzene rings is 1. The van der Waals surface area contributed by atoms with Crippen molar-refractivity contribution in [3.63, 3.8) is 0 Å². The Balaban J connectivity index is 2.88. The van der Waals surface area contributed by atoms with Gasteiger partial charge in [0.15, 0.2) is 11.9 Å². The molecule has 0 saturated carbocycles. The zero-order valence-electron chi connectivity index (χ0n) is 9.61. The SMILES string of the molecule is CNC(=O)C(C)Oc1ccccc1C(C)=O. The molecule has 0 bridgehead atoms. The van der Waals surface area contributed by atoms with E-state index in [2.05, 4.69) is 5.32 Å². The fraction of sp³-hybridized carbons (Fsp3) is 0.333. The number of ether oxygens (including phenoxy) is 1. The highest BCUT2D eigenvalue weighted by Crippen LogP contribution is 2.19. The van der Waals surface area contributed by atoms with Gasteiger partial charge in [0, 0.05) is 7.05 Å². The van der Waals surface area contributed by atoms with E-state index in [-0.39, 0.29) is 11.7 Å². The van der Waals surface area contributed by atoms with Crippen LogP contribution in [0.3, 0.4) is 0 Å². The van der Waals surface area contributed by atoms with Crippen molar-refractivity contribution >= 4 is 11.7 Å². The molecule has 1 atom stereocenters. The molecule has 1 amide bonds. The van der Waals surface area contributed by atoms with Crippen LogP contribution in [0, 0.1) is 0 Å². The van der Waals surface area contributed by atoms with Crippen molar-refractivity contribution in [3.8, 4) is 5.75 Å². The van der Waals surface area contributed by atoms with Crippen molar-refractivity contribution in [1.29, 1.82) is 0 Å². The van der Waals surface area contributed by atoms with Gasteiger partial charge in [-0.05, 0) is 26.0 Å². The summed E-state index contributed by atoms with van der Waals surface area (Å²) in [5, 5.41) is 2.48. The Labute approximate surface area is 94.6 Å². The number of nitrogens with one attached hydrogen (secondary N) is 1. The molecule has 1 rings (SSSR count). The van der Waals surface area contributed by atoms with Crippen LogP contribution in [-0.2, 0) is 4.79 Å². The lowest BCUT2D eigenvalue weighted by atomic mass is 10.1. The minimum Gasteiger partial charge on any atom is -0.480 e. The standard InChI is InChI=1S/C12H15NO3/c1-8(14)10-6-4-5-7-11(10)16-9(2)12(15)13-3/h4-7,9H,1-3H3,(H,13,15). The summed E-state index contributed by atoms with van der Waals surface area (Å²) in [5.74, 6) is 0.129. The molecule has 1 unspecified atom stereocenters. The highest BCUT2D eigenvalue weighted by molar-refractivity contribution is 5.96. The lowest BCUT2D eigenvalue weighted by Crippen LogP contribution is -2.34. The van der Waals surface area contributed by atoms with Crippen LogP contribution in [0.25, 0.3) is 0 Å². The van der Waals surface area contributed by atoms with E-state index in [9.17, 15) is 9.59 Å². The maximum atomic E-state index is 11.3. The van der Waals surface area contributed by atoms with Crippen LogP contribution in [0.1, 0.15) is 24.2 Å². The van der Waals surface area contributed by atoms with Gasteiger partial charge in [-0.25, -0.2) is 0 Å². The summed E-state index contributed by atoms with van der Waals surface area (Å²) in [6.07, 6.45) is -0.620. The fourth-order valence-corrected chi connectivity index (χ4v) is 1.31. The first-order valence-electron chi connectivity index (χ1n) is 5.04. The van der Waals surface area contributed by atoms with Crippen LogP contribution in [0.15, 0.2) is 24.3 Å². The Bertz CT molecular complexity index is 401. The van der Waals surface area contributed by atoms with Gasteiger partial charge in [-0.3, -0.25) is 9.59 Å². The van der Waals surface area contributed by atoms with Gasteiger partial charge < -0.3 is 10.1 Å². The molecule has 1 N–H and O–H groups in total. The zero-order valence-corrected chi connectivity index (χ0v) is 9.61. The molecular weight excluding hydrogens is 206 g/mol. The topological polar surface area (TPSA) is 55.4 Å². The lowest BCUT2D eigenvalue weighted by Gasteiger charge is -2.15. The molecule has 0 aromatic heterocycles. The average molecular weight is 221 g/mol. The van der Waals surface area contributed by atoms with Crippen molar-refractivity contribution in [2.75, 3.05) is 7.05 Å². The monoisotopic (exact) mass is 221 g/mol. The minimum atomic E-state index is -0.620. The first-order valence-corrected chi connectivity index (χ1v) is 5.04. The fourth-order valence-electron chi connectivity index (χ4n) is 1.31. The van der Waals surface area contributed by atoms with E-state index in [1.165, 1.54) is 6.92 Å². The van der Waals surface area contributed by atoms with Gasteiger partial charge in [0.05, 0.1) is 5.56 Å². The smallest absolute Gasteiger partial charge is 0.260 e. The number of carbonyl (C=O) groups is 2. The number of rotatable bonds is 4. The lowest BCUT2D eigenvalue weighted by molar-refractivity contribution is -0.126. The number of likely N-dealkylation sites (N-methyl/N-ethyl adjacent to an activating group) is 1. The predicted molar refractivity (Wildman–Crippen MR) is 60.6 cm³/mol. The second-order valence-electron chi connectivity index (χ2n) is 3.43. The summed E-state index contributed by atoms with van der Waals surface area (Å²) in [5.41, 5.74) is 0.484. The normalized spacial score (nSPS) is 11.7. The number of Topliss-reactive ketones (excluding diaryl/α,β-unsaturated/α-hetero) is 1. The molecule has 0 spiro atoms. The van der Waals surface area contributed by atoms with Gasteiger partial charge in [0.2, 0.25) is 0 Å². The van der Waals surface area contributed by atoms with Crippen molar-refractivity contribution < 1.29 is 14.3 Å². The van der Waals surface area contributed by atoms with E-state index in [0.717, 1.165) is 0 Å². The maximum Gasteiger partial charge on any atom is 0.260 e. The van der Waals surface area contributed by atoms with Crippen LogP contribution >= 0.6 is 0 Å². The Morgan fingerprint density at radius 3 is 2.50 bits per heavy atom. The van der Waals surface area contributed by atoms with Crippen molar-refractivity contribution in [3.05, 3.63) is 29.8 Å². The van der Waals surface area contributed by atoms with Gasteiger partial charge >= 0.3 is 0 Å². The van der Waals surface area contributed by atoms with E-state index in [1.807, 2.05) is 0 Å². The summed E-state index contributed by atoms with van der Waals surface area (Å²) in [7, 11) is 1.54. The van der Waals surface area contributed by atoms with Crippen LogP contribution < -0.4 is 10.1 Å². The quantitative estimate of drug-likeness (QED) is 0.782. The second-order valence-corrected chi connectivity index (χ2v) is 3.43. The second kappa shape index (κ2) is 5.30. The Morgan fingerprint density at radius 2 is 1.94 bits per heavy atom. The zero-order chi connectivity index (χ0) is 12.1. The molecule has 4 heteroatoms. The van der Waals surface area contributed by atoms with Gasteiger partial charge in [-0.1, -0.05) is 12.1 Å². The molecule has 0 heterocycles. The largest absolute Gasteiger partial charge is 0.480 e. The van der Waals surface area contributed by atoms with Gasteiger partial charge in [0.1, 0.15) is 5.75 Å². The third-order valence-corrected chi connectivity index (χ3v) is 2.19. The molecule has 4 nitrogen and oxygen atoms in total. The predicted octanol–water partition coefficient (Wildman–Crippen LogP) is 1.40. The molecule has 1 aromatic carbocycles. The number of para-hydroxylation sites is 1. The molecule has 86 valence electrons. The highest BCUT2D eigenvalue weighted by atomic mass is 16.5. The third-order valence-electron chi connectivity index (χ3n) is 2.19. The molecule has 0 fully saturated rings. The molecule has 0 saturated heterocycles. The Kier molecular flexibility index (Phi) is 4.05. The van der Waals surface area contributed by atoms with Gasteiger partial charge in [0.25, 0.3) is 5.91 Å². The summed E-state index contributed by atoms with van der Waals surface area (Å²) in [6.45, 7) is 3.10. The molecule has 1 aromatic rings. The van der Waals surface area contributed by atoms with Gasteiger partial charge in [-0.2, -0.15) is 0 Å². The third kappa shape index (κ3) is 2.82. The number of amides is 1.